The Balaban J connectivity index is 1.82. The molecule has 0 saturated heterocycles. The zero-order valence-corrected chi connectivity index (χ0v) is 16.5. The minimum atomic E-state index is -4.25. The van der Waals surface area contributed by atoms with E-state index in [-0.39, 0.29) is 21.8 Å². The summed E-state index contributed by atoms with van der Waals surface area (Å²) in [7, 11) is -4.25. The van der Waals surface area contributed by atoms with Crippen LogP contribution < -0.4 is 10.3 Å². The summed E-state index contributed by atoms with van der Waals surface area (Å²) in [5, 5.41) is 0.370. The van der Waals surface area contributed by atoms with Crippen LogP contribution in [0.4, 0.5) is 14.5 Å². The minimum Gasteiger partial charge on any atom is -0.277 e. The maximum absolute atomic E-state index is 14.4. The molecule has 1 heterocycles. The van der Waals surface area contributed by atoms with Crippen molar-refractivity contribution in [2.45, 2.75) is 11.8 Å². The summed E-state index contributed by atoms with van der Waals surface area (Å²) in [4.78, 5) is 17.0. The maximum Gasteiger partial charge on any atom is 0.265 e. The van der Waals surface area contributed by atoms with Gasteiger partial charge in [0, 0.05) is 0 Å². The van der Waals surface area contributed by atoms with E-state index in [4.69, 9.17) is 0 Å². The lowest BCUT2D eigenvalue weighted by atomic mass is 10.2. The van der Waals surface area contributed by atoms with Gasteiger partial charge in [0.1, 0.15) is 17.5 Å². The molecule has 0 fully saturated rings. The summed E-state index contributed by atoms with van der Waals surface area (Å²) in [6, 6.07) is 14.7. The lowest BCUT2D eigenvalue weighted by Gasteiger charge is -2.14. The average molecular weight is 427 g/mol. The van der Waals surface area contributed by atoms with Crippen LogP contribution >= 0.6 is 0 Å². The fraction of sp³-hybridized carbons (Fsp3) is 0.0476. The Morgan fingerprint density at radius 2 is 1.73 bits per heavy atom. The van der Waals surface area contributed by atoms with Crippen LogP contribution in [-0.4, -0.2) is 18.0 Å². The van der Waals surface area contributed by atoms with Gasteiger partial charge in [-0.2, -0.15) is 0 Å². The number of aromatic nitrogens is 2. The second-order valence-electron chi connectivity index (χ2n) is 6.54. The predicted molar refractivity (Wildman–Crippen MR) is 109 cm³/mol. The average Bonchev–Trinajstić information content (AvgIpc) is 2.70. The molecule has 0 aliphatic rings. The number of nitrogens with zero attached hydrogens (tertiary/aromatic N) is 2. The molecule has 0 bridgehead atoms. The highest BCUT2D eigenvalue weighted by Gasteiger charge is 2.18. The molecule has 30 heavy (non-hydrogen) atoms. The fourth-order valence-electron chi connectivity index (χ4n) is 3.12. The largest absolute Gasteiger partial charge is 0.277 e. The van der Waals surface area contributed by atoms with E-state index >= 15 is 0 Å². The highest BCUT2D eigenvalue weighted by atomic mass is 32.2. The number of hydrogen-bond acceptors (Lipinski definition) is 4. The van der Waals surface area contributed by atoms with E-state index < -0.39 is 21.7 Å². The van der Waals surface area contributed by atoms with Crippen molar-refractivity contribution in [3.8, 4) is 5.69 Å². The first-order valence-corrected chi connectivity index (χ1v) is 10.3. The Labute approximate surface area is 170 Å². The number of hydrogen-bond donors (Lipinski definition) is 1. The third kappa shape index (κ3) is 3.55. The Morgan fingerprint density at radius 1 is 0.967 bits per heavy atom. The summed E-state index contributed by atoms with van der Waals surface area (Å²) in [5.74, 6) is -1.24. The summed E-state index contributed by atoms with van der Waals surface area (Å²) in [6.45, 7) is 1.62. The van der Waals surface area contributed by atoms with Crippen LogP contribution in [0, 0.1) is 18.6 Å². The zero-order chi connectivity index (χ0) is 21.5. The van der Waals surface area contributed by atoms with Crippen molar-refractivity contribution in [3.05, 3.63) is 94.5 Å². The Morgan fingerprint density at radius 3 is 2.50 bits per heavy atom. The van der Waals surface area contributed by atoms with Gasteiger partial charge in [0.05, 0.1) is 27.2 Å². The number of fused-ring (bicyclic) bond motifs is 1. The Kier molecular flexibility index (Phi) is 4.83. The monoisotopic (exact) mass is 427 g/mol. The topological polar surface area (TPSA) is 81.1 Å². The molecule has 0 radical (unpaired) electrons. The molecule has 152 valence electrons. The molecule has 6 nitrogen and oxygen atoms in total. The molecule has 1 N–H and O–H groups in total. The number of halogens is 2. The van der Waals surface area contributed by atoms with E-state index in [0.29, 0.717) is 16.7 Å². The lowest BCUT2D eigenvalue weighted by Crippen LogP contribution is -2.22. The van der Waals surface area contributed by atoms with Crippen molar-refractivity contribution in [3.63, 3.8) is 0 Å². The van der Waals surface area contributed by atoms with Crippen molar-refractivity contribution in [1.82, 2.24) is 9.55 Å². The second kappa shape index (κ2) is 7.34. The number of rotatable bonds is 4. The molecule has 4 aromatic rings. The van der Waals surface area contributed by atoms with Crippen LogP contribution in [0.25, 0.3) is 16.6 Å². The maximum atomic E-state index is 14.4. The molecule has 0 aliphatic carbocycles. The summed E-state index contributed by atoms with van der Waals surface area (Å²) >= 11 is 0. The molecule has 0 spiro atoms. The van der Waals surface area contributed by atoms with Gasteiger partial charge in [-0.15, -0.1) is 0 Å². The van der Waals surface area contributed by atoms with Gasteiger partial charge >= 0.3 is 0 Å². The molecule has 0 unspecified atom stereocenters. The molecule has 0 aliphatic heterocycles. The third-order valence-electron chi connectivity index (χ3n) is 4.50. The molecule has 3 aromatic carbocycles. The van der Waals surface area contributed by atoms with Crippen molar-refractivity contribution < 1.29 is 17.2 Å². The molecular weight excluding hydrogens is 412 g/mol. The lowest BCUT2D eigenvalue weighted by molar-refractivity contribution is 0.593. The standard InChI is InChI=1S/C21H15F2N3O3S/c1-13-24-19-8-3-2-7-17(19)21(27)26(13)15-9-10-18(23)20(12-15)25-30(28,29)16-6-4-5-14(22)11-16/h2-12,25H,1H3. The summed E-state index contributed by atoms with van der Waals surface area (Å²) < 4.78 is 56.2. The van der Waals surface area contributed by atoms with Crippen LogP contribution in [0.15, 0.2) is 76.4 Å². The summed E-state index contributed by atoms with van der Waals surface area (Å²) in [5.41, 5.74) is -0.000599. The highest BCUT2D eigenvalue weighted by Crippen LogP contribution is 2.23. The SMILES string of the molecule is Cc1nc2ccccc2c(=O)n1-c1ccc(F)c(NS(=O)(=O)c2cccc(F)c2)c1. The van der Waals surface area contributed by atoms with Crippen molar-refractivity contribution in [2.75, 3.05) is 4.72 Å². The first-order chi connectivity index (χ1) is 14.3. The quantitative estimate of drug-likeness (QED) is 0.538. The number of sulfonamides is 1. The number of benzene rings is 3. The van der Waals surface area contributed by atoms with Crippen LogP contribution in [-0.2, 0) is 10.0 Å². The van der Waals surface area contributed by atoms with Crippen LogP contribution in [0.3, 0.4) is 0 Å². The molecule has 0 saturated carbocycles. The second-order valence-corrected chi connectivity index (χ2v) is 8.23. The third-order valence-corrected chi connectivity index (χ3v) is 5.87. The molecule has 0 amide bonds. The van der Waals surface area contributed by atoms with E-state index in [1.807, 2.05) is 0 Å². The van der Waals surface area contributed by atoms with Crippen molar-refractivity contribution in [2.24, 2.45) is 0 Å². The van der Waals surface area contributed by atoms with Gasteiger partial charge < -0.3 is 0 Å². The van der Waals surface area contributed by atoms with Crippen LogP contribution in [0.2, 0.25) is 0 Å². The molecular formula is C21H15F2N3O3S. The minimum absolute atomic E-state index is 0.231. The summed E-state index contributed by atoms with van der Waals surface area (Å²) in [6.07, 6.45) is 0. The number of para-hydroxylation sites is 1. The molecule has 4 rings (SSSR count). The van der Waals surface area contributed by atoms with E-state index in [1.54, 1.807) is 31.2 Å². The van der Waals surface area contributed by atoms with Gasteiger partial charge in [0.15, 0.2) is 0 Å². The molecule has 0 atom stereocenters. The van der Waals surface area contributed by atoms with Gasteiger partial charge in [0.25, 0.3) is 15.6 Å². The van der Waals surface area contributed by atoms with E-state index in [2.05, 4.69) is 9.71 Å². The number of anilines is 1. The Hall–Kier alpha value is -3.59. The molecule has 9 heteroatoms. The molecule has 1 aromatic heterocycles. The smallest absolute Gasteiger partial charge is 0.265 e. The fourth-order valence-corrected chi connectivity index (χ4v) is 4.21. The first kappa shape index (κ1) is 19.7. The predicted octanol–water partition coefficient (Wildman–Crippen LogP) is 3.77. The van der Waals surface area contributed by atoms with E-state index in [0.717, 1.165) is 18.2 Å². The number of aryl methyl sites for hydroxylation is 1. The van der Waals surface area contributed by atoms with Gasteiger partial charge in [-0.05, 0) is 55.5 Å². The van der Waals surface area contributed by atoms with Crippen LogP contribution in [0.1, 0.15) is 5.82 Å². The van der Waals surface area contributed by atoms with Crippen LogP contribution in [0.5, 0.6) is 0 Å². The van der Waals surface area contributed by atoms with Gasteiger partial charge in [-0.1, -0.05) is 18.2 Å². The normalized spacial score (nSPS) is 11.6. The highest BCUT2D eigenvalue weighted by molar-refractivity contribution is 7.92. The first-order valence-electron chi connectivity index (χ1n) is 8.83. The van der Waals surface area contributed by atoms with Crippen molar-refractivity contribution in [1.29, 1.82) is 0 Å². The zero-order valence-electron chi connectivity index (χ0n) is 15.6. The van der Waals surface area contributed by atoms with E-state index in [1.165, 1.54) is 28.8 Å². The van der Waals surface area contributed by atoms with Gasteiger partial charge in [0.2, 0.25) is 0 Å². The van der Waals surface area contributed by atoms with Gasteiger partial charge in [-0.3, -0.25) is 14.1 Å². The van der Waals surface area contributed by atoms with Crippen molar-refractivity contribution >= 4 is 26.6 Å². The number of nitrogens with one attached hydrogen (secondary N) is 1. The van der Waals surface area contributed by atoms with E-state index in [9.17, 15) is 22.0 Å². The van der Waals surface area contributed by atoms with Gasteiger partial charge in [-0.25, -0.2) is 22.2 Å². The Bertz CT molecular complexity index is 1450.